The van der Waals surface area contributed by atoms with Gasteiger partial charge in [-0.25, -0.2) is 0 Å². The van der Waals surface area contributed by atoms with E-state index in [0.717, 1.165) is 43.8 Å². The van der Waals surface area contributed by atoms with E-state index in [4.69, 9.17) is 4.74 Å². The lowest BCUT2D eigenvalue weighted by atomic mass is 9.90. The Hall–Kier alpha value is -2.34. The Morgan fingerprint density at radius 2 is 2.07 bits per heavy atom. The summed E-state index contributed by atoms with van der Waals surface area (Å²) in [5.74, 6) is 1.05. The van der Waals surface area contributed by atoms with E-state index >= 15 is 0 Å². The largest absolute Gasteiger partial charge is 0.485 e. The molecular weight excluding hydrogens is 340 g/mol. The fourth-order valence-electron chi connectivity index (χ4n) is 4.22. The van der Waals surface area contributed by atoms with E-state index in [1.54, 1.807) is 6.92 Å². The summed E-state index contributed by atoms with van der Waals surface area (Å²) in [6.45, 7) is 7.87. The van der Waals surface area contributed by atoms with Gasteiger partial charge in [-0.2, -0.15) is 5.10 Å². The van der Waals surface area contributed by atoms with Crippen LogP contribution in [0.25, 0.3) is 0 Å². The smallest absolute Gasteiger partial charge is 0.219 e. The van der Waals surface area contributed by atoms with Gasteiger partial charge in [-0.15, -0.1) is 0 Å². The van der Waals surface area contributed by atoms with E-state index in [1.165, 1.54) is 11.1 Å². The number of amides is 1. The number of benzene rings is 1. The van der Waals surface area contributed by atoms with Crippen molar-refractivity contribution in [3.05, 3.63) is 47.3 Å². The predicted octanol–water partition coefficient (Wildman–Crippen LogP) is 2.50. The number of ether oxygens (including phenoxy) is 1. The van der Waals surface area contributed by atoms with Gasteiger partial charge in [0.2, 0.25) is 5.91 Å². The number of carbonyl (C=O) groups is 1. The van der Waals surface area contributed by atoms with Gasteiger partial charge in [0, 0.05) is 70.3 Å². The highest BCUT2D eigenvalue weighted by molar-refractivity contribution is 5.73. The molecule has 3 heterocycles. The molecule has 1 saturated heterocycles. The summed E-state index contributed by atoms with van der Waals surface area (Å²) < 4.78 is 8.43. The lowest BCUT2D eigenvalue weighted by Crippen LogP contribution is -2.53. The highest BCUT2D eigenvalue weighted by atomic mass is 16.5. The zero-order valence-electron chi connectivity index (χ0n) is 16.4. The second-order valence-electron chi connectivity index (χ2n) is 8.07. The molecule has 4 rings (SSSR count). The van der Waals surface area contributed by atoms with Gasteiger partial charge in [0.25, 0.3) is 0 Å². The molecule has 2 aromatic rings. The van der Waals surface area contributed by atoms with Crippen molar-refractivity contribution in [2.45, 2.75) is 45.4 Å². The van der Waals surface area contributed by atoms with E-state index in [1.807, 2.05) is 22.8 Å². The molecule has 1 spiro atoms. The minimum atomic E-state index is -0.294. The average molecular weight is 368 g/mol. The van der Waals surface area contributed by atoms with Crippen molar-refractivity contribution in [1.29, 1.82) is 0 Å². The van der Waals surface area contributed by atoms with Crippen LogP contribution in [0.2, 0.25) is 0 Å². The van der Waals surface area contributed by atoms with Crippen LogP contribution >= 0.6 is 0 Å². The first-order valence-corrected chi connectivity index (χ1v) is 9.66. The zero-order chi connectivity index (χ0) is 19.0. The van der Waals surface area contributed by atoms with Gasteiger partial charge in [-0.1, -0.05) is 17.7 Å². The number of hydrogen-bond acceptors (Lipinski definition) is 4. The maximum atomic E-state index is 12.2. The summed E-state index contributed by atoms with van der Waals surface area (Å²) >= 11 is 0. The molecule has 2 aliphatic rings. The van der Waals surface area contributed by atoms with Crippen LogP contribution < -0.4 is 4.74 Å². The number of carbonyl (C=O) groups excluding carboxylic acids is 1. The number of likely N-dealkylation sites (tertiary alicyclic amines) is 1. The van der Waals surface area contributed by atoms with Crippen molar-refractivity contribution in [2.75, 3.05) is 19.6 Å². The number of nitrogens with zero attached hydrogens (tertiary/aromatic N) is 4. The Labute approximate surface area is 160 Å². The van der Waals surface area contributed by atoms with Gasteiger partial charge < -0.3 is 9.64 Å². The fraction of sp³-hybridized carbons (Fsp3) is 0.524. The molecule has 6 nitrogen and oxygen atoms in total. The van der Waals surface area contributed by atoms with Crippen LogP contribution in [0.1, 0.15) is 36.5 Å². The Morgan fingerprint density at radius 3 is 2.74 bits per heavy atom. The van der Waals surface area contributed by atoms with Gasteiger partial charge in [-0.3, -0.25) is 14.4 Å². The molecule has 0 radical (unpaired) electrons. The highest BCUT2D eigenvalue weighted by Crippen LogP contribution is 2.36. The van der Waals surface area contributed by atoms with E-state index in [9.17, 15) is 4.79 Å². The molecule has 1 amide bonds. The van der Waals surface area contributed by atoms with Crippen LogP contribution in [-0.4, -0.2) is 50.7 Å². The molecule has 27 heavy (non-hydrogen) atoms. The topological polar surface area (TPSA) is 50.6 Å². The van der Waals surface area contributed by atoms with E-state index in [-0.39, 0.29) is 11.5 Å². The molecular formula is C21H28N4O2. The second-order valence-corrected chi connectivity index (χ2v) is 8.07. The molecule has 6 heteroatoms. The van der Waals surface area contributed by atoms with Crippen LogP contribution in [-0.2, 0) is 24.9 Å². The summed E-state index contributed by atoms with van der Waals surface area (Å²) in [4.78, 5) is 16.6. The van der Waals surface area contributed by atoms with Crippen LogP contribution in [0.5, 0.6) is 5.75 Å². The number of rotatable bonds is 2. The summed E-state index contributed by atoms with van der Waals surface area (Å²) in [6, 6.07) is 6.30. The minimum Gasteiger partial charge on any atom is -0.485 e. The maximum Gasteiger partial charge on any atom is 0.219 e. The maximum absolute atomic E-state index is 12.2. The fourth-order valence-corrected chi connectivity index (χ4v) is 4.22. The molecule has 1 fully saturated rings. The van der Waals surface area contributed by atoms with Crippen molar-refractivity contribution in [3.63, 3.8) is 0 Å². The summed E-state index contributed by atoms with van der Waals surface area (Å²) in [7, 11) is 1.95. The molecule has 1 aromatic heterocycles. The van der Waals surface area contributed by atoms with Crippen LogP contribution in [0.15, 0.2) is 30.6 Å². The Kier molecular flexibility index (Phi) is 4.68. The SMILES string of the molecule is CC(=O)N1Cc2cc(C)ccc2OC2(CCN(Cc3cnn(C)c3)CC2)C1. The number of hydrogen-bond donors (Lipinski definition) is 0. The number of aryl methyl sites for hydroxylation is 2. The molecule has 2 aliphatic heterocycles. The Balaban J connectivity index is 1.51. The zero-order valence-corrected chi connectivity index (χ0v) is 16.4. The molecule has 0 N–H and O–H groups in total. The van der Waals surface area contributed by atoms with Gasteiger partial charge >= 0.3 is 0 Å². The first kappa shape index (κ1) is 18.0. The van der Waals surface area contributed by atoms with Gasteiger partial charge in [0.1, 0.15) is 11.4 Å². The molecule has 144 valence electrons. The van der Waals surface area contributed by atoms with E-state index in [2.05, 4.69) is 41.3 Å². The molecule has 1 aromatic carbocycles. The van der Waals surface area contributed by atoms with Gasteiger partial charge in [-0.05, 0) is 13.0 Å². The molecule has 0 atom stereocenters. The number of aromatic nitrogens is 2. The molecule has 0 bridgehead atoms. The van der Waals surface area contributed by atoms with Crippen LogP contribution in [0, 0.1) is 6.92 Å². The first-order chi connectivity index (χ1) is 12.9. The van der Waals surface area contributed by atoms with Crippen LogP contribution in [0.4, 0.5) is 0 Å². The van der Waals surface area contributed by atoms with Crippen molar-refractivity contribution >= 4 is 5.91 Å². The third-order valence-electron chi connectivity index (χ3n) is 5.76. The van der Waals surface area contributed by atoms with E-state index < -0.39 is 0 Å². The normalized spacial score (nSPS) is 19.4. The Morgan fingerprint density at radius 1 is 1.30 bits per heavy atom. The van der Waals surface area contributed by atoms with Gasteiger partial charge in [0.15, 0.2) is 0 Å². The lowest BCUT2D eigenvalue weighted by Gasteiger charge is -2.42. The average Bonchev–Trinajstić information content (AvgIpc) is 2.96. The summed E-state index contributed by atoms with van der Waals surface area (Å²) in [5.41, 5.74) is 3.25. The summed E-state index contributed by atoms with van der Waals surface area (Å²) in [5, 5.41) is 4.26. The van der Waals surface area contributed by atoms with Crippen molar-refractivity contribution in [2.24, 2.45) is 7.05 Å². The van der Waals surface area contributed by atoms with Crippen LogP contribution in [0.3, 0.4) is 0 Å². The minimum absolute atomic E-state index is 0.116. The van der Waals surface area contributed by atoms with E-state index in [0.29, 0.717) is 13.1 Å². The standard InChI is InChI=1S/C21H28N4O2/c1-16-4-5-20-19(10-16)14-25(17(2)26)15-21(27-20)6-8-24(9-7-21)13-18-11-22-23(3)12-18/h4-5,10-12H,6-9,13-15H2,1-3H3. The quantitative estimate of drug-likeness (QED) is 0.817. The van der Waals surface area contributed by atoms with Crippen molar-refractivity contribution in [3.8, 4) is 5.75 Å². The predicted molar refractivity (Wildman–Crippen MR) is 103 cm³/mol. The lowest BCUT2D eigenvalue weighted by molar-refractivity contribution is -0.132. The Bertz CT molecular complexity index is 836. The highest BCUT2D eigenvalue weighted by Gasteiger charge is 2.41. The van der Waals surface area contributed by atoms with Crippen molar-refractivity contribution < 1.29 is 9.53 Å². The monoisotopic (exact) mass is 368 g/mol. The third-order valence-corrected chi connectivity index (χ3v) is 5.76. The molecule has 0 saturated carbocycles. The second kappa shape index (κ2) is 7.00. The first-order valence-electron chi connectivity index (χ1n) is 9.66. The molecule has 0 unspecified atom stereocenters. The molecule has 0 aliphatic carbocycles. The third kappa shape index (κ3) is 3.86. The van der Waals surface area contributed by atoms with Gasteiger partial charge in [0.05, 0.1) is 12.7 Å². The summed E-state index contributed by atoms with van der Waals surface area (Å²) in [6.07, 6.45) is 5.85. The van der Waals surface area contributed by atoms with Crippen molar-refractivity contribution in [1.82, 2.24) is 19.6 Å². The number of piperidine rings is 1. The number of fused-ring (bicyclic) bond motifs is 1.